The summed E-state index contributed by atoms with van der Waals surface area (Å²) in [7, 11) is -4.37. The highest BCUT2D eigenvalue weighted by Crippen LogP contribution is 2.34. The number of nitrogen functional groups attached to an aromatic ring is 1. The molecule has 2 rings (SSSR count). The van der Waals surface area contributed by atoms with Crippen LogP contribution in [0.5, 0.6) is 5.75 Å². The van der Waals surface area contributed by atoms with E-state index < -0.39 is 10.1 Å². The van der Waals surface area contributed by atoms with Gasteiger partial charge in [0, 0.05) is 17.1 Å². The molecule has 7 heteroatoms. The number of hydrogen-bond donors (Lipinski definition) is 4. The minimum atomic E-state index is -4.37. The third-order valence-electron chi connectivity index (χ3n) is 2.91. The largest absolute Gasteiger partial charge is 0.507 e. The van der Waals surface area contributed by atoms with Gasteiger partial charge in [-0.1, -0.05) is 12.1 Å². The van der Waals surface area contributed by atoms with E-state index in [0.29, 0.717) is 29.4 Å². The third kappa shape index (κ3) is 2.48. The number of fused-ring (bicyclic) bond motifs is 1. The Kier molecular flexibility index (Phi) is 3.36. The fraction of sp³-hybridized carbons (Fsp3) is 0.167. The second kappa shape index (κ2) is 4.69. The number of rotatable bonds is 3. The standard InChI is InChI=1S/C12H14N2O4S/c13-4-3-7-1-2-8-5-9(19(16,17)18)6-10(15)11(8)12(7)14/h1-2,5-6,15H,3-4,13-14H2,(H,16,17,18). The lowest BCUT2D eigenvalue weighted by Crippen LogP contribution is -2.06. The third-order valence-corrected chi connectivity index (χ3v) is 3.74. The van der Waals surface area contributed by atoms with Crippen molar-refractivity contribution in [2.45, 2.75) is 11.3 Å². The van der Waals surface area contributed by atoms with Crippen LogP contribution in [0.4, 0.5) is 5.69 Å². The van der Waals surface area contributed by atoms with Crippen LogP contribution in [-0.4, -0.2) is 24.6 Å². The first kappa shape index (κ1) is 13.6. The molecule has 0 saturated heterocycles. The number of nitrogens with two attached hydrogens (primary N) is 2. The summed E-state index contributed by atoms with van der Waals surface area (Å²) < 4.78 is 31.2. The topological polar surface area (TPSA) is 127 Å². The minimum absolute atomic E-state index is 0.290. The Bertz CT molecular complexity index is 741. The Morgan fingerprint density at radius 3 is 2.47 bits per heavy atom. The maximum absolute atomic E-state index is 11.1. The molecule has 0 fully saturated rings. The first-order valence-electron chi connectivity index (χ1n) is 5.56. The molecule has 6 nitrogen and oxygen atoms in total. The van der Waals surface area contributed by atoms with Gasteiger partial charge in [0.1, 0.15) is 5.75 Å². The summed E-state index contributed by atoms with van der Waals surface area (Å²) in [5, 5.41) is 10.7. The Balaban J connectivity index is 2.77. The van der Waals surface area contributed by atoms with Gasteiger partial charge in [-0.25, -0.2) is 0 Å². The molecule has 0 bridgehead atoms. The lowest BCUT2D eigenvalue weighted by atomic mass is 10.0. The zero-order valence-electron chi connectivity index (χ0n) is 10.00. The summed E-state index contributed by atoms with van der Waals surface area (Å²) in [5.41, 5.74) is 12.5. The molecule has 102 valence electrons. The lowest BCUT2D eigenvalue weighted by Gasteiger charge is -2.11. The Labute approximate surface area is 110 Å². The average molecular weight is 282 g/mol. The molecule has 6 N–H and O–H groups in total. The summed E-state index contributed by atoms with van der Waals surface area (Å²) in [6.45, 7) is 0.416. The van der Waals surface area contributed by atoms with Gasteiger partial charge in [-0.2, -0.15) is 8.42 Å². The normalized spacial score (nSPS) is 11.9. The van der Waals surface area contributed by atoms with Crippen molar-refractivity contribution in [2.75, 3.05) is 12.3 Å². The van der Waals surface area contributed by atoms with Crippen LogP contribution in [0.25, 0.3) is 10.8 Å². The molecule has 2 aromatic carbocycles. The fourth-order valence-electron chi connectivity index (χ4n) is 2.01. The van der Waals surface area contributed by atoms with Crippen LogP contribution in [-0.2, 0) is 16.5 Å². The van der Waals surface area contributed by atoms with Gasteiger partial charge in [0.15, 0.2) is 0 Å². The molecule has 0 heterocycles. The summed E-state index contributed by atoms with van der Waals surface area (Å²) >= 11 is 0. The first-order chi connectivity index (χ1) is 8.84. The number of hydrogen-bond acceptors (Lipinski definition) is 5. The average Bonchev–Trinajstić information content (AvgIpc) is 2.31. The van der Waals surface area contributed by atoms with Crippen LogP contribution in [0.3, 0.4) is 0 Å². The van der Waals surface area contributed by atoms with Crippen LogP contribution in [0.2, 0.25) is 0 Å². The molecular formula is C12H14N2O4S. The van der Waals surface area contributed by atoms with Crippen LogP contribution in [0.15, 0.2) is 29.2 Å². The van der Waals surface area contributed by atoms with Crippen molar-refractivity contribution in [1.82, 2.24) is 0 Å². The van der Waals surface area contributed by atoms with Crippen LogP contribution < -0.4 is 11.5 Å². The van der Waals surface area contributed by atoms with E-state index in [1.807, 2.05) is 0 Å². The first-order valence-corrected chi connectivity index (χ1v) is 7.00. The second-order valence-electron chi connectivity index (χ2n) is 4.19. The Hall–Kier alpha value is -1.83. The smallest absolute Gasteiger partial charge is 0.294 e. The highest BCUT2D eigenvalue weighted by atomic mass is 32.2. The summed E-state index contributed by atoms with van der Waals surface area (Å²) in [6, 6.07) is 5.58. The van der Waals surface area contributed by atoms with Crippen LogP contribution in [0.1, 0.15) is 5.56 Å². The molecule has 0 spiro atoms. The molecule has 0 aliphatic carbocycles. The van der Waals surface area contributed by atoms with Crippen molar-refractivity contribution in [2.24, 2.45) is 5.73 Å². The Morgan fingerprint density at radius 2 is 1.89 bits per heavy atom. The quantitative estimate of drug-likeness (QED) is 0.489. The second-order valence-corrected chi connectivity index (χ2v) is 5.61. The molecule has 19 heavy (non-hydrogen) atoms. The van der Waals surface area contributed by atoms with E-state index in [4.69, 9.17) is 16.0 Å². The zero-order valence-corrected chi connectivity index (χ0v) is 10.8. The van der Waals surface area contributed by atoms with E-state index in [0.717, 1.165) is 11.6 Å². The molecule has 0 saturated carbocycles. The van der Waals surface area contributed by atoms with Crippen LogP contribution in [0, 0.1) is 0 Å². The molecule has 0 amide bonds. The van der Waals surface area contributed by atoms with Gasteiger partial charge in [-0.3, -0.25) is 4.55 Å². The van der Waals surface area contributed by atoms with E-state index in [9.17, 15) is 13.5 Å². The van der Waals surface area contributed by atoms with Crippen molar-refractivity contribution in [1.29, 1.82) is 0 Å². The van der Waals surface area contributed by atoms with E-state index in [1.165, 1.54) is 6.07 Å². The monoisotopic (exact) mass is 282 g/mol. The van der Waals surface area contributed by atoms with Gasteiger partial charge in [-0.15, -0.1) is 0 Å². The number of phenols is 1. The van der Waals surface area contributed by atoms with Crippen LogP contribution >= 0.6 is 0 Å². The van der Waals surface area contributed by atoms with Crippen molar-refractivity contribution in [3.05, 3.63) is 29.8 Å². The SMILES string of the molecule is NCCc1ccc2cc(S(=O)(=O)O)cc(O)c2c1N. The molecule has 0 atom stereocenters. The highest BCUT2D eigenvalue weighted by molar-refractivity contribution is 7.85. The van der Waals surface area contributed by atoms with Gasteiger partial charge in [0.05, 0.1) is 4.90 Å². The van der Waals surface area contributed by atoms with E-state index in [1.54, 1.807) is 12.1 Å². The van der Waals surface area contributed by atoms with Gasteiger partial charge in [0.25, 0.3) is 10.1 Å². The molecular weight excluding hydrogens is 268 g/mol. The molecule has 0 aliphatic heterocycles. The highest BCUT2D eigenvalue weighted by Gasteiger charge is 2.15. The van der Waals surface area contributed by atoms with Gasteiger partial charge >= 0.3 is 0 Å². The predicted molar refractivity (Wildman–Crippen MR) is 72.6 cm³/mol. The number of benzene rings is 2. The van der Waals surface area contributed by atoms with Crippen molar-refractivity contribution >= 4 is 26.6 Å². The summed E-state index contributed by atoms with van der Waals surface area (Å²) in [5.74, 6) is -0.290. The maximum atomic E-state index is 11.1. The molecule has 0 unspecified atom stereocenters. The maximum Gasteiger partial charge on any atom is 0.294 e. The van der Waals surface area contributed by atoms with Gasteiger partial charge in [-0.05, 0) is 30.0 Å². The molecule has 0 aromatic heterocycles. The van der Waals surface area contributed by atoms with E-state index in [-0.39, 0.29) is 10.6 Å². The minimum Gasteiger partial charge on any atom is -0.507 e. The lowest BCUT2D eigenvalue weighted by molar-refractivity contribution is 0.471. The van der Waals surface area contributed by atoms with Crippen molar-refractivity contribution in [3.8, 4) is 5.75 Å². The zero-order chi connectivity index (χ0) is 14.2. The number of anilines is 1. The van der Waals surface area contributed by atoms with Gasteiger partial charge in [0.2, 0.25) is 0 Å². The predicted octanol–water partition coefficient (Wildman–Crippen LogP) is 0.875. The van der Waals surface area contributed by atoms with E-state index >= 15 is 0 Å². The van der Waals surface area contributed by atoms with Gasteiger partial charge < -0.3 is 16.6 Å². The number of phenolic OH excluding ortho intramolecular Hbond substituents is 1. The fourth-order valence-corrected chi connectivity index (χ4v) is 2.55. The summed E-state index contributed by atoms with van der Waals surface area (Å²) in [4.78, 5) is -0.372. The van der Waals surface area contributed by atoms with Crippen molar-refractivity contribution < 1.29 is 18.1 Å². The summed E-state index contributed by atoms with van der Waals surface area (Å²) in [6.07, 6.45) is 0.557. The Morgan fingerprint density at radius 1 is 1.21 bits per heavy atom. The molecule has 2 aromatic rings. The van der Waals surface area contributed by atoms with Crippen molar-refractivity contribution in [3.63, 3.8) is 0 Å². The molecule has 0 radical (unpaired) electrons. The van der Waals surface area contributed by atoms with E-state index in [2.05, 4.69) is 0 Å². The molecule has 0 aliphatic rings. The number of aromatic hydroxyl groups is 1.